The predicted molar refractivity (Wildman–Crippen MR) is 85.9 cm³/mol. The normalized spacial score (nSPS) is 17.9. The predicted octanol–water partition coefficient (Wildman–Crippen LogP) is 3.16. The SMILES string of the molecule is CCN(CC)C1(C(=O)Cc2cn3ccsc3n2)CCCC1. The Morgan fingerprint density at radius 3 is 2.71 bits per heavy atom. The highest BCUT2D eigenvalue weighted by Gasteiger charge is 2.44. The molecule has 0 saturated heterocycles. The summed E-state index contributed by atoms with van der Waals surface area (Å²) in [6.45, 7) is 6.20. The first-order valence-corrected chi connectivity index (χ1v) is 8.77. The molecule has 5 heteroatoms. The number of rotatable bonds is 6. The molecule has 0 radical (unpaired) electrons. The van der Waals surface area contributed by atoms with Crippen LogP contribution in [0.5, 0.6) is 0 Å². The van der Waals surface area contributed by atoms with Crippen molar-refractivity contribution >= 4 is 22.1 Å². The van der Waals surface area contributed by atoms with Gasteiger partial charge in [0, 0.05) is 17.8 Å². The van der Waals surface area contributed by atoms with E-state index in [0.717, 1.165) is 36.6 Å². The number of thiazole rings is 1. The Balaban J connectivity index is 1.82. The molecule has 0 bridgehead atoms. The summed E-state index contributed by atoms with van der Waals surface area (Å²) < 4.78 is 2.01. The van der Waals surface area contributed by atoms with Gasteiger partial charge in [0.2, 0.25) is 0 Å². The molecule has 2 aromatic heterocycles. The summed E-state index contributed by atoms with van der Waals surface area (Å²) >= 11 is 1.61. The van der Waals surface area contributed by atoms with Crippen LogP contribution in [0, 0.1) is 0 Å². The Hall–Kier alpha value is -1.20. The van der Waals surface area contributed by atoms with Gasteiger partial charge in [0.1, 0.15) is 0 Å². The maximum atomic E-state index is 13.0. The smallest absolute Gasteiger partial charge is 0.193 e. The van der Waals surface area contributed by atoms with E-state index >= 15 is 0 Å². The molecule has 3 rings (SSSR count). The summed E-state index contributed by atoms with van der Waals surface area (Å²) in [5, 5.41) is 2.02. The van der Waals surface area contributed by atoms with Crippen LogP contribution in [-0.2, 0) is 11.2 Å². The molecule has 0 N–H and O–H groups in total. The van der Waals surface area contributed by atoms with Crippen LogP contribution in [0.15, 0.2) is 17.8 Å². The van der Waals surface area contributed by atoms with Crippen LogP contribution in [0.4, 0.5) is 0 Å². The summed E-state index contributed by atoms with van der Waals surface area (Å²) in [6.07, 6.45) is 8.81. The molecule has 0 aromatic carbocycles. The minimum absolute atomic E-state index is 0.236. The first-order valence-electron chi connectivity index (χ1n) is 7.89. The third kappa shape index (κ3) is 2.53. The van der Waals surface area contributed by atoms with Gasteiger partial charge in [-0.1, -0.05) is 26.7 Å². The molecule has 2 heterocycles. The number of carbonyl (C=O) groups is 1. The van der Waals surface area contributed by atoms with Crippen LogP contribution in [0.25, 0.3) is 4.96 Å². The van der Waals surface area contributed by atoms with Crippen LogP contribution in [0.3, 0.4) is 0 Å². The summed E-state index contributed by atoms with van der Waals surface area (Å²) in [7, 11) is 0. The number of aromatic nitrogens is 2. The Kier molecular flexibility index (Phi) is 4.13. The zero-order chi connectivity index (χ0) is 14.9. The van der Waals surface area contributed by atoms with Gasteiger partial charge in [-0.2, -0.15) is 0 Å². The van der Waals surface area contributed by atoms with Gasteiger partial charge in [0.25, 0.3) is 0 Å². The highest BCUT2D eigenvalue weighted by atomic mass is 32.1. The standard InChI is InChI=1S/C16H23N3OS/c1-3-19(4-2)16(7-5-6-8-16)14(20)11-13-12-18-9-10-21-15(18)17-13/h9-10,12H,3-8,11H2,1-2H3. The zero-order valence-corrected chi connectivity index (χ0v) is 13.7. The Morgan fingerprint density at radius 1 is 1.38 bits per heavy atom. The van der Waals surface area contributed by atoms with E-state index < -0.39 is 0 Å². The van der Waals surface area contributed by atoms with Gasteiger partial charge in [0.05, 0.1) is 17.7 Å². The van der Waals surface area contributed by atoms with E-state index in [4.69, 9.17) is 0 Å². The molecule has 1 saturated carbocycles. The Morgan fingerprint density at radius 2 is 2.10 bits per heavy atom. The molecule has 21 heavy (non-hydrogen) atoms. The highest BCUT2D eigenvalue weighted by Crippen LogP contribution is 2.36. The minimum atomic E-state index is -0.236. The number of Topliss-reactive ketones (excluding diaryl/α,β-unsaturated/α-hetero) is 1. The molecule has 0 unspecified atom stereocenters. The fraction of sp³-hybridized carbons (Fsp3) is 0.625. The third-order valence-corrected chi connectivity index (χ3v) is 5.57. The third-order valence-electron chi connectivity index (χ3n) is 4.80. The maximum absolute atomic E-state index is 13.0. The van der Waals surface area contributed by atoms with Gasteiger partial charge in [-0.25, -0.2) is 4.98 Å². The number of nitrogens with zero attached hydrogens (tertiary/aromatic N) is 3. The molecular formula is C16H23N3OS. The Bertz CT molecular complexity index is 592. The van der Waals surface area contributed by atoms with Gasteiger partial charge in [-0.05, 0) is 25.9 Å². The van der Waals surface area contributed by atoms with Gasteiger partial charge < -0.3 is 0 Å². The van der Waals surface area contributed by atoms with E-state index in [2.05, 4.69) is 23.7 Å². The molecular weight excluding hydrogens is 282 g/mol. The molecule has 0 atom stereocenters. The van der Waals surface area contributed by atoms with Crippen molar-refractivity contribution in [1.82, 2.24) is 14.3 Å². The second kappa shape index (κ2) is 5.89. The van der Waals surface area contributed by atoms with Crippen molar-refractivity contribution in [2.75, 3.05) is 13.1 Å². The number of hydrogen-bond donors (Lipinski definition) is 0. The lowest BCUT2D eigenvalue weighted by Gasteiger charge is -2.39. The molecule has 2 aromatic rings. The number of carbonyl (C=O) groups excluding carboxylic acids is 1. The van der Waals surface area contributed by atoms with E-state index in [-0.39, 0.29) is 5.54 Å². The second-order valence-corrected chi connectivity index (χ2v) is 6.71. The van der Waals surface area contributed by atoms with E-state index in [1.807, 2.05) is 22.2 Å². The maximum Gasteiger partial charge on any atom is 0.193 e. The van der Waals surface area contributed by atoms with Gasteiger partial charge in [0.15, 0.2) is 10.7 Å². The second-order valence-electron chi connectivity index (χ2n) is 5.84. The van der Waals surface area contributed by atoms with Gasteiger partial charge in [-0.3, -0.25) is 14.1 Å². The topological polar surface area (TPSA) is 37.6 Å². The molecule has 0 spiro atoms. The number of ketones is 1. The van der Waals surface area contributed by atoms with E-state index in [1.54, 1.807) is 11.3 Å². The highest BCUT2D eigenvalue weighted by molar-refractivity contribution is 7.15. The number of hydrogen-bond acceptors (Lipinski definition) is 4. The van der Waals surface area contributed by atoms with Crippen molar-refractivity contribution in [2.45, 2.75) is 51.5 Å². The van der Waals surface area contributed by atoms with Crippen LogP contribution >= 0.6 is 11.3 Å². The monoisotopic (exact) mass is 305 g/mol. The lowest BCUT2D eigenvalue weighted by atomic mass is 9.87. The number of likely N-dealkylation sites (N-methyl/N-ethyl adjacent to an activating group) is 1. The summed E-state index contributed by atoms with van der Waals surface area (Å²) in [5.41, 5.74) is 0.672. The summed E-state index contributed by atoms with van der Waals surface area (Å²) in [4.78, 5) is 20.9. The van der Waals surface area contributed by atoms with Crippen molar-refractivity contribution in [2.24, 2.45) is 0 Å². The quantitative estimate of drug-likeness (QED) is 0.822. The molecule has 1 fully saturated rings. The Labute approximate surface area is 129 Å². The number of fused-ring (bicyclic) bond motifs is 1. The average molecular weight is 305 g/mol. The molecule has 1 aliphatic carbocycles. The van der Waals surface area contributed by atoms with Crippen LogP contribution in [-0.4, -0.2) is 38.7 Å². The fourth-order valence-corrected chi connectivity index (χ4v) is 4.47. The minimum Gasteiger partial charge on any atom is -0.297 e. The van der Waals surface area contributed by atoms with E-state index in [1.165, 1.54) is 12.8 Å². The van der Waals surface area contributed by atoms with Crippen molar-refractivity contribution < 1.29 is 4.79 Å². The summed E-state index contributed by atoms with van der Waals surface area (Å²) in [6, 6.07) is 0. The summed E-state index contributed by atoms with van der Waals surface area (Å²) in [5.74, 6) is 0.356. The van der Waals surface area contributed by atoms with Crippen LogP contribution < -0.4 is 0 Å². The first-order chi connectivity index (χ1) is 10.2. The number of imidazole rings is 1. The lowest BCUT2D eigenvalue weighted by Crippen LogP contribution is -2.53. The fourth-order valence-electron chi connectivity index (χ4n) is 3.75. The first kappa shape index (κ1) is 14.7. The average Bonchev–Trinajstić information content (AvgIpc) is 3.15. The van der Waals surface area contributed by atoms with Crippen molar-refractivity contribution in [3.8, 4) is 0 Å². The van der Waals surface area contributed by atoms with Gasteiger partial charge in [-0.15, -0.1) is 11.3 Å². The lowest BCUT2D eigenvalue weighted by molar-refractivity contribution is -0.130. The van der Waals surface area contributed by atoms with E-state index in [9.17, 15) is 4.79 Å². The van der Waals surface area contributed by atoms with Crippen molar-refractivity contribution in [3.05, 3.63) is 23.5 Å². The largest absolute Gasteiger partial charge is 0.297 e. The van der Waals surface area contributed by atoms with E-state index in [0.29, 0.717) is 12.2 Å². The molecule has 4 nitrogen and oxygen atoms in total. The van der Waals surface area contributed by atoms with Crippen LogP contribution in [0.1, 0.15) is 45.2 Å². The van der Waals surface area contributed by atoms with Gasteiger partial charge >= 0.3 is 0 Å². The van der Waals surface area contributed by atoms with Crippen LogP contribution in [0.2, 0.25) is 0 Å². The van der Waals surface area contributed by atoms with Crippen molar-refractivity contribution in [3.63, 3.8) is 0 Å². The molecule has 114 valence electrons. The molecule has 1 aliphatic rings. The molecule has 0 amide bonds. The zero-order valence-electron chi connectivity index (χ0n) is 12.8. The molecule has 0 aliphatic heterocycles. The van der Waals surface area contributed by atoms with Crippen molar-refractivity contribution in [1.29, 1.82) is 0 Å².